The van der Waals surface area contributed by atoms with E-state index in [9.17, 15) is 9.67 Å². The van der Waals surface area contributed by atoms with Crippen LogP contribution < -0.4 is 5.32 Å². The third kappa shape index (κ3) is 7.01. The molecular weight excluding hydrogens is 495 g/mol. The molecule has 178 valence electrons. The van der Waals surface area contributed by atoms with Crippen LogP contribution in [0.3, 0.4) is 0 Å². The van der Waals surface area contributed by atoms with E-state index in [1.165, 1.54) is 0 Å². The lowest BCUT2D eigenvalue weighted by atomic mass is 10.2. The van der Waals surface area contributed by atoms with Crippen molar-refractivity contribution in [1.82, 2.24) is 4.98 Å². The third-order valence-electron chi connectivity index (χ3n) is 4.75. The molecule has 0 aliphatic heterocycles. The maximum absolute atomic E-state index is 14.2. The maximum Gasteiger partial charge on any atom is 0.251 e. The summed E-state index contributed by atoms with van der Waals surface area (Å²) >= 11 is 3.64. The van der Waals surface area contributed by atoms with Crippen LogP contribution in [0.15, 0.2) is 48.5 Å². The Labute approximate surface area is 207 Å². The number of nitrogens with one attached hydrogen (secondary N) is 1. The summed E-state index contributed by atoms with van der Waals surface area (Å²) in [6.07, 6.45) is 0. The number of nitrogens with zero attached hydrogens (tertiary/aromatic N) is 1. The van der Waals surface area contributed by atoms with E-state index in [4.69, 9.17) is 8.37 Å². The van der Waals surface area contributed by atoms with E-state index in [2.05, 4.69) is 10.3 Å². The van der Waals surface area contributed by atoms with E-state index in [-0.39, 0.29) is 11.4 Å². The van der Waals surface area contributed by atoms with Crippen LogP contribution in [0.1, 0.15) is 35.8 Å². The van der Waals surface area contributed by atoms with E-state index < -0.39 is 5.55 Å². The summed E-state index contributed by atoms with van der Waals surface area (Å²) in [4.78, 5) is 6.54. The van der Waals surface area contributed by atoms with Crippen molar-refractivity contribution in [1.29, 1.82) is 0 Å². The van der Waals surface area contributed by atoms with Gasteiger partial charge in [0.25, 0.3) is 5.55 Å². The number of benzene rings is 1. The molecule has 0 radical (unpaired) electrons. The second kappa shape index (κ2) is 12.3. The average Bonchev–Trinajstić information content (AvgIpc) is 3.28. The van der Waals surface area contributed by atoms with Crippen molar-refractivity contribution < 1.29 is 18.0 Å². The molecule has 2 N–H and O–H groups in total. The van der Waals surface area contributed by atoms with Gasteiger partial charge in [0.05, 0.1) is 53.6 Å². The smallest absolute Gasteiger partial charge is 0.251 e. The van der Waals surface area contributed by atoms with Crippen LogP contribution in [0.25, 0.3) is 10.4 Å². The number of thiophene rings is 1. The number of hydrogen-bond acceptors (Lipinski definition) is 9. The van der Waals surface area contributed by atoms with Crippen molar-refractivity contribution in [2.24, 2.45) is 0 Å². The Kier molecular flexibility index (Phi) is 9.73. The molecule has 1 unspecified atom stereocenters. The summed E-state index contributed by atoms with van der Waals surface area (Å²) in [6.45, 7) is 9.02. The van der Waals surface area contributed by atoms with Gasteiger partial charge in [-0.15, -0.1) is 11.3 Å². The van der Waals surface area contributed by atoms with Crippen LogP contribution >= 0.6 is 40.2 Å². The van der Waals surface area contributed by atoms with Crippen LogP contribution in [-0.2, 0) is 12.9 Å². The molecule has 0 aliphatic carbocycles. The molecule has 3 rings (SSSR count). The van der Waals surface area contributed by atoms with Gasteiger partial charge in [0, 0.05) is 22.0 Å². The van der Waals surface area contributed by atoms with E-state index in [0.29, 0.717) is 19.8 Å². The van der Waals surface area contributed by atoms with Gasteiger partial charge in [-0.3, -0.25) is 9.55 Å². The summed E-state index contributed by atoms with van der Waals surface area (Å²) in [5.41, 5.74) is 0.363. The van der Waals surface area contributed by atoms with Gasteiger partial charge in [-0.2, -0.15) is 0 Å². The first-order chi connectivity index (χ1) is 15.9. The first-order valence-electron chi connectivity index (χ1n) is 10.7. The minimum absolute atomic E-state index is 0.227. The summed E-state index contributed by atoms with van der Waals surface area (Å²) < 4.78 is 25.3. The van der Waals surface area contributed by atoms with Crippen LogP contribution in [0.5, 0.6) is 5.75 Å². The van der Waals surface area contributed by atoms with Gasteiger partial charge in [-0.05, 0) is 81.8 Å². The van der Waals surface area contributed by atoms with Gasteiger partial charge in [-0.25, -0.2) is 0 Å². The molecule has 3 aromatic rings. The minimum atomic E-state index is -3.06. The van der Waals surface area contributed by atoms with Gasteiger partial charge in [0.2, 0.25) is 0 Å². The summed E-state index contributed by atoms with van der Waals surface area (Å²) in [7, 11) is 0. The highest BCUT2D eigenvalue weighted by molar-refractivity contribution is 8.88. The zero-order valence-electron chi connectivity index (χ0n) is 19.1. The summed E-state index contributed by atoms with van der Waals surface area (Å²) in [5.74, 6) is 0.227. The Morgan fingerprint density at radius 2 is 1.70 bits per heavy atom. The number of rotatable bonds is 12. The molecule has 0 fully saturated rings. The minimum Gasteiger partial charge on any atom is -0.508 e. The molecule has 2 heterocycles. The summed E-state index contributed by atoms with van der Waals surface area (Å²) in [5, 5.41) is 13.1. The monoisotopic (exact) mass is 524 g/mol. The number of anilines is 1. The Morgan fingerprint density at radius 3 is 2.30 bits per heavy atom. The van der Waals surface area contributed by atoms with Crippen molar-refractivity contribution in [2.45, 2.75) is 33.4 Å². The van der Waals surface area contributed by atoms with Crippen LogP contribution in [-0.4, -0.2) is 29.8 Å². The zero-order valence-corrected chi connectivity index (χ0v) is 22.5. The Morgan fingerprint density at radius 1 is 1.03 bits per heavy atom. The molecule has 0 spiro atoms. The number of pyridine rings is 1. The SMILES string of the molecule is CCOSP(=O)(SOCC)C(CNc1ccc(C)nc1C)c1ccc(-c2ccc(O)cc2)s1. The van der Waals surface area contributed by atoms with Crippen LogP contribution in [0.4, 0.5) is 5.69 Å². The van der Waals surface area contributed by atoms with E-state index in [1.807, 2.05) is 64.1 Å². The topological polar surface area (TPSA) is 80.7 Å². The Bertz CT molecular complexity index is 1080. The number of aromatic nitrogens is 1. The standard InChI is InChI=1S/C23H29N2O4PS3/c1-5-28-32-30(27,33-29-6-2)21(15-24-20-12-7-16(3)25-17(20)4)23-14-13-22(31-23)18-8-10-19(26)11-9-18/h7-14,21,24,26H,5-6,15H2,1-4H3. The van der Waals surface area contributed by atoms with Gasteiger partial charge >= 0.3 is 0 Å². The van der Waals surface area contributed by atoms with Crippen LogP contribution in [0.2, 0.25) is 0 Å². The fraction of sp³-hybridized carbons (Fsp3) is 0.348. The van der Waals surface area contributed by atoms with E-state index in [0.717, 1.165) is 55.7 Å². The van der Waals surface area contributed by atoms with Gasteiger partial charge in [0.15, 0.2) is 0 Å². The molecule has 2 aromatic heterocycles. The fourth-order valence-electron chi connectivity index (χ4n) is 3.13. The second-order valence-corrected chi connectivity index (χ2v) is 15.7. The molecule has 0 bridgehead atoms. The van der Waals surface area contributed by atoms with Crippen molar-refractivity contribution in [3.05, 3.63) is 64.8 Å². The Balaban J connectivity index is 1.94. The number of phenols is 1. The second-order valence-electron chi connectivity index (χ2n) is 7.23. The average molecular weight is 525 g/mol. The molecule has 0 aliphatic rings. The molecule has 0 saturated carbocycles. The van der Waals surface area contributed by atoms with Gasteiger partial charge in [-0.1, -0.05) is 0 Å². The molecule has 10 heteroatoms. The third-order valence-corrected chi connectivity index (χ3v) is 13.0. The van der Waals surface area contributed by atoms with Gasteiger partial charge in [0.1, 0.15) is 5.75 Å². The normalized spacial score (nSPS) is 12.6. The molecule has 0 amide bonds. The molecule has 0 saturated heterocycles. The highest BCUT2D eigenvalue weighted by Gasteiger charge is 2.39. The largest absolute Gasteiger partial charge is 0.508 e. The number of phenolic OH excluding ortho intramolecular Hbond substituents is 1. The maximum atomic E-state index is 14.2. The zero-order chi connectivity index (χ0) is 23.8. The fourth-order valence-corrected chi connectivity index (χ4v) is 10.9. The van der Waals surface area contributed by atoms with Crippen molar-refractivity contribution in [2.75, 3.05) is 25.1 Å². The molecule has 1 atom stereocenters. The Hall–Kier alpha value is -1.48. The van der Waals surface area contributed by atoms with Crippen LogP contribution in [0, 0.1) is 13.8 Å². The molecule has 33 heavy (non-hydrogen) atoms. The van der Waals surface area contributed by atoms with Crippen molar-refractivity contribution >= 4 is 45.9 Å². The number of aromatic hydroxyl groups is 1. The summed E-state index contributed by atoms with van der Waals surface area (Å²) in [6, 6.07) is 15.1. The number of hydrogen-bond donors (Lipinski definition) is 2. The molecule has 6 nitrogen and oxygen atoms in total. The highest BCUT2D eigenvalue weighted by atomic mass is 33.1. The quantitative estimate of drug-likeness (QED) is 0.183. The lowest BCUT2D eigenvalue weighted by Gasteiger charge is -2.25. The molecule has 1 aromatic carbocycles. The first kappa shape index (κ1) is 26.1. The van der Waals surface area contributed by atoms with Gasteiger partial charge < -0.3 is 18.8 Å². The lowest BCUT2D eigenvalue weighted by Crippen LogP contribution is -2.12. The van der Waals surface area contributed by atoms with E-state index >= 15 is 0 Å². The molecular formula is C23H29N2O4PS3. The van der Waals surface area contributed by atoms with E-state index in [1.54, 1.807) is 23.5 Å². The van der Waals surface area contributed by atoms with Crippen molar-refractivity contribution in [3.63, 3.8) is 0 Å². The lowest BCUT2D eigenvalue weighted by molar-refractivity contribution is 0.403. The number of aryl methyl sites for hydroxylation is 2. The highest BCUT2D eigenvalue weighted by Crippen LogP contribution is 2.78. The predicted octanol–water partition coefficient (Wildman–Crippen LogP) is 7.85. The van der Waals surface area contributed by atoms with Crippen molar-refractivity contribution in [3.8, 4) is 16.2 Å². The predicted molar refractivity (Wildman–Crippen MR) is 142 cm³/mol. The first-order valence-corrected chi connectivity index (χ1v) is 15.9.